The molecule has 0 aliphatic rings. The van der Waals surface area contributed by atoms with Gasteiger partial charge in [0.05, 0.1) is 12.3 Å². The van der Waals surface area contributed by atoms with Gasteiger partial charge >= 0.3 is 0 Å². The molecule has 0 bridgehead atoms. The lowest BCUT2D eigenvalue weighted by Gasteiger charge is -1.98. The standard InChI is InChI=1S/C12H21NOS/c1-3-5-8-15-10-12-7-6-11(14-12)9-13-4-2/h6-7,13H,3-5,8-10H2,1-2H3. The first-order valence-electron chi connectivity index (χ1n) is 5.72. The van der Waals surface area contributed by atoms with Crippen molar-refractivity contribution in [2.75, 3.05) is 12.3 Å². The Hall–Kier alpha value is -0.410. The molecular formula is C12H21NOS. The molecule has 0 saturated carbocycles. The molecule has 1 aromatic rings. The molecule has 0 spiro atoms. The van der Waals surface area contributed by atoms with E-state index in [1.165, 1.54) is 18.6 Å². The molecule has 3 heteroatoms. The zero-order chi connectivity index (χ0) is 10.9. The van der Waals surface area contributed by atoms with Gasteiger partial charge in [0, 0.05) is 0 Å². The van der Waals surface area contributed by atoms with E-state index in [1.54, 1.807) is 0 Å². The largest absolute Gasteiger partial charge is 0.464 e. The van der Waals surface area contributed by atoms with E-state index in [1.807, 2.05) is 11.8 Å². The van der Waals surface area contributed by atoms with Crippen LogP contribution in [-0.4, -0.2) is 12.3 Å². The molecule has 0 aliphatic carbocycles. The first-order chi connectivity index (χ1) is 7.36. The summed E-state index contributed by atoms with van der Waals surface area (Å²) < 4.78 is 5.68. The predicted octanol–water partition coefficient (Wildman–Crippen LogP) is 3.42. The lowest BCUT2D eigenvalue weighted by Crippen LogP contribution is -2.10. The second-order valence-corrected chi connectivity index (χ2v) is 4.66. The minimum absolute atomic E-state index is 0.843. The summed E-state index contributed by atoms with van der Waals surface area (Å²) in [5.41, 5.74) is 0. The van der Waals surface area contributed by atoms with E-state index in [4.69, 9.17) is 4.42 Å². The maximum atomic E-state index is 5.68. The topological polar surface area (TPSA) is 25.2 Å². The highest BCUT2D eigenvalue weighted by atomic mass is 32.2. The number of thioether (sulfide) groups is 1. The monoisotopic (exact) mass is 227 g/mol. The SMILES string of the molecule is CCCCSCc1ccc(CNCC)o1. The van der Waals surface area contributed by atoms with Gasteiger partial charge in [-0.05, 0) is 30.9 Å². The highest BCUT2D eigenvalue weighted by Crippen LogP contribution is 2.16. The second kappa shape index (κ2) is 7.83. The van der Waals surface area contributed by atoms with Crippen LogP contribution in [0.1, 0.15) is 38.2 Å². The summed E-state index contributed by atoms with van der Waals surface area (Å²) in [6.07, 6.45) is 2.58. The molecule has 0 amide bonds. The highest BCUT2D eigenvalue weighted by Gasteiger charge is 2.01. The summed E-state index contributed by atoms with van der Waals surface area (Å²) >= 11 is 1.95. The van der Waals surface area contributed by atoms with E-state index in [0.29, 0.717) is 0 Å². The zero-order valence-corrected chi connectivity index (χ0v) is 10.5. The maximum absolute atomic E-state index is 5.68. The van der Waals surface area contributed by atoms with E-state index in [2.05, 4.69) is 31.3 Å². The molecule has 15 heavy (non-hydrogen) atoms. The van der Waals surface area contributed by atoms with Crippen LogP contribution >= 0.6 is 11.8 Å². The first-order valence-corrected chi connectivity index (χ1v) is 6.88. The highest BCUT2D eigenvalue weighted by molar-refractivity contribution is 7.98. The summed E-state index contributed by atoms with van der Waals surface area (Å²) in [5, 5.41) is 3.25. The zero-order valence-electron chi connectivity index (χ0n) is 9.71. The Bertz CT molecular complexity index is 260. The minimum Gasteiger partial charge on any atom is -0.464 e. The van der Waals surface area contributed by atoms with Crippen LogP contribution in [0.5, 0.6) is 0 Å². The van der Waals surface area contributed by atoms with Gasteiger partial charge in [-0.15, -0.1) is 0 Å². The molecule has 0 unspecified atom stereocenters. The summed E-state index contributed by atoms with van der Waals surface area (Å²) in [5.74, 6) is 4.39. The molecular weight excluding hydrogens is 206 g/mol. The van der Waals surface area contributed by atoms with E-state index in [-0.39, 0.29) is 0 Å². The number of furan rings is 1. The fraction of sp³-hybridized carbons (Fsp3) is 0.667. The number of hydrogen-bond donors (Lipinski definition) is 1. The Labute approximate surface area is 96.8 Å². The molecule has 1 heterocycles. The first kappa shape index (κ1) is 12.7. The molecule has 0 aromatic carbocycles. The predicted molar refractivity (Wildman–Crippen MR) is 67.2 cm³/mol. The van der Waals surface area contributed by atoms with Crippen molar-refractivity contribution >= 4 is 11.8 Å². The lowest BCUT2D eigenvalue weighted by atomic mass is 10.4. The smallest absolute Gasteiger partial charge is 0.117 e. The van der Waals surface area contributed by atoms with Gasteiger partial charge in [-0.25, -0.2) is 0 Å². The van der Waals surface area contributed by atoms with Gasteiger partial charge < -0.3 is 9.73 Å². The Kier molecular flexibility index (Phi) is 6.60. The normalized spacial score (nSPS) is 10.8. The quantitative estimate of drug-likeness (QED) is 0.689. The number of rotatable bonds is 8. The van der Waals surface area contributed by atoms with Crippen molar-refractivity contribution in [3.8, 4) is 0 Å². The van der Waals surface area contributed by atoms with Crippen LogP contribution in [0.15, 0.2) is 16.5 Å². The Balaban J connectivity index is 2.20. The van der Waals surface area contributed by atoms with Gasteiger partial charge in [-0.3, -0.25) is 0 Å². The van der Waals surface area contributed by atoms with E-state index < -0.39 is 0 Å². The molecule has 0 saturated heterocycles. The molecule has 0 radical (unpaired) electrons. The van der Waals surface area contributed by atoms with Gasteiger partial charge in [-0.1, -0.05) is 20.3 Å². The summed E-state index contributed by atoms with van der Waals surface area (Å²) in [6, 6.07) is 4.16. The van der Waals surface area contributed by atoms with Gasteiger partial charge in [0.25, 0.3) is 0 Å². The molecule has 86 valence electrons. The molecule has 0 atom stereocenters. The molecule has 0 fully saturated rings. The summed E-state index contributed by atoms with van der Waals surface area (Å²) in [7, 11) is 0. The number of nitrogens with one attached hydrogen (secondary N) is 1. The van der Waals surface area contributed by atoms with Crippen molar-refractivity contribution in [1.29, 1.82) is 0 Å². The van der Waals surface area contributed by atoms with Crippen LogP contribution in [0, 0.1) is 0 Å². The maximum Gasteiger partial charge on any atom is 0.117 e. The van der Waals surface area contributed by atoms with Crippen LogP contribution in [-0.2, 0) is 12.3 Å². The van der Waals surface area contributed by atoms with Gasteiger partial charge in [0.1, 0.15) is 11.5 Å². The molecule has 1 N–H and O–H groups in total. The number of unbranched alkanes of at least 4 members (excludes halogenated alkanes) is 1. The average molecular weight is 227 g/mol. The van der Waals surface area contributed by atoms with Crippen molar-refractivity contribution in [3.63, 3.8) is 0 Å². The van der Waals surface area contributed by atoms with Crippen molar-refractivity contribution < 1.29 is 4.42 Å². The fourth-order valence-corrected chi connectivity index (χ4v) is 2.26. The van der Waals surface area contributed by atoms with Crippen LogP contribution in [0.2, 0.25) is 0 Å². The van der Waals surface area contributed by atoms with Crippen LogP contribution in [0.3, 0.4) is 0 Å². The van der Waals surface area contributed by atoms with Gasteiger partial charge in [0.15, 0.2) is 0 Å². The Morgan fingerprint density at radius 2 is 2.07 bits per heavy atom. The van der Waals surface area contributed by atoms with E-state index >= 15 is 0 Å². The van der Waals surface area contributed by atoms with Crippen molar-refractivity contribution in [1.82, 2.24) is 5.32 Å². The van der Waals surface area contributed by atoms with Gasteiger partial charge in [-0.2, -0.15) is 11.8 Å². The average Bonchev–Trinajstić information content (AvgIpc) is 2.69. The minimum atomic E-state index is 0.843. The molecule has 1 aromatic heterocycles. The fourth-order valence-electron chi connectivity index (χ4n) is 1.26. The second-order valence-electron chi connectivity index (χ2n) is 3.55. The Morgan fingerprint density at radius 3 is 2.80 bits per heavy atom. The third-order valence-electron chi connectivity index (χ3n) is 2.15. The van der Waals surface area contributed by atoms with Gasteiger partial charge in [0.2, 0.25) is 0 Å². The van der Waals surface area contributed by atoms with Crippen molar-refractivity contribution in [2.24, 2.45) is 0 Å². The van der Waals surface area contributed by atoms with E-state index in [9.17, 15) is 0 Å². The van der Waals surface area contributed by atoms with Crippen LogP contribution in [0.4, 0.5) is 0 Å². The van der Waals surface area contributed by atoms with E-state index in [0.717, 1.165) is 30.4 Å². The van der Waals surface area contributed by atoms with Crippen LogP contribution in [0.25, 0.3) is 0 Å². The van der Waals surface area contributed by atoms with Crippen LogP contribution < -0.4 is 5.32 Å². The molecule has 2 nitrogen and oxygen atoms in total. The van der Waals surface area contributed by atoms with Crippen molar-refractivity contribution in [3.05, 3.63) is 23.7 Å². The third kappa shape index (κ3) is 5.28. The molecule has 1 rings (SSSR count). The number of hydrogen-bond acceptors (Lipinski definition) is 3. The Morgan fingerprint density at radius 1 is 1.27 bits per heavy atom. The van der Waals surface area contributed by atoms with Crippen molar-refractivity contribution in [2.45, 2.75) is 39.0 Å². The third-order valence-corrected chi connectivity index (χ3v) is 3.22. The lowest BCUT2D eigenvalue weighted by molar-refractivity contribution is 0.463. The summed E-state index contributed by atoms with van der Waals surface area (Å²) in [6.45, 7) is 6.16. The summed E-state index contributed by atoms with van der Waals surface area (Å²) in [4.78, 5) is 0. The molecule has 0 aliphatic heterocycles.